The number of hydrogen-bond donors (Lipinski definition) is 0. The lowest BCUT2D eigenvalue weighted by molar-refractivity contribution is 1.29. The van der Waals surface area contributed by atoms with E-state index in [2.05, 4.69) is 181 Å². The molecule has 8 aromatic carbocycles. The summed E-state index contributed by atoms with van der Waals surface area (Å²) >= 11 is 1.85. The molecule has 0 spiro atoms. The van der Waals surface area contributed by atoms with Crippen LogP contribution in [0.3, 0.4) is 0 Å². The molecule has 0 amide bonds. The van der Waals surface area contributed by atoms with Crippen LogP contribution in [0, 0.1) is 0 Å². The molecule has 0 N–H and O–H groups in total. The molecule has 0 aliphatic heterocycles. The summed E-state index contributed by atoms with van der Waals surface area (Å²) in [5, 5.41) is 4.76. The summed E-state index contributed by atoms with van der Waals surface area (Å²) < 4.78 is 2.53. The first-order valence-corrected chi connectivity index (χ1v) is 18.3. The average Bonchev–Trinajstić information content (AvgIpc) is 3.60. The quantitative estimate of drug-likeness (QED) is 0.164. The van der Waals surface area contributed by atoms with Crippen molar-refractivity contribution in [2.24, 2.45) is 0 Å². The lowest BCUT2D eigenvalue weighted by atomic mass is 9.95. The molecule has 10 aromatic rings. The normalized spacial score (nSPS) is 11.5. The van der Waals surface area contributed by atoms with Crippen molar-refractivity contribution in [2.75, 3.05) is 4.90 Å². The van der Waals surface area contributed by atoms with Gasteiger partial charge in [-0.2, -0.15) is 0 Å². The number of anilines is 3. The predicted octanol–water partition coefficient (Wildman–Crippen LogP) is 13.6. The van der Waals surface area contributed by atoms with Crippen LogP contribution in [0.2, 0.25) is 0 Å². The molecule has 4 heteroatoms. The molecule has 0 bridgehead atoms. The van der Waals surface area contributed by atoms with Crippen LogP contribution < -0.4 is 4.90 Å². The average molecular weight is 682 g/mol. The highest BCUT2D eigenvalue weighted by Crippen LogP contribution is 2.46. The number of rotatable bonds is 6. The summed E-state index contributed by atoms with van der Waals surface area (Å²) in [7, 11) is 0. The van der Waals surface area contributed by atoms with Crippen molar-refractivity contribution in [3.63, 3.8) is 0 Å². The highest BCUT2D eigenvalue weighted by molar-refractivity contribution is 7.26. The number of para-hydroxylation sites is 2. The van der Waals surface area contributed by atoms with E-state index in [9.17, 15) is 0 Å². The minimum absolute atomic E-state index is 0.877. The van der Waals surface area contributed by atoms with Crippen molar-refractivity contribution in [3.05, 3.63) is 188 Å². The van der Waals surface area contributed by atoms with Gasteiger partial charge >= 0.3 is 0 Å². The molecular weight excluding hydrogens is 651 g/mol. The Morgan fingerprint density at radius 1 is 0.404 bits per heavy atom. The third-order valence-corrected chi connectivity index (χ3v) is 10.9. The molecule has 0 aliphatic rings. The maximum atomic E-state index is 5.44. The number of fused-ring (bicyclic) bond motifs is 6. The zero-order chi connectivity index (χ0) is 34.4. The molecule has 0 radical (unpaired) electrons. The van der Waals surface area contributed by atoms with Gasteiger partial charge in [-0.1, -0.05) is 133 Å². The van der Waals surface area contributed by atoms with E-state index < -0.39 is 0 Å². The largest absolute Gasteiger partial charge is 0.310 e. The number of nitrogens with zero attached hydrogens (tertiary/aromatic N) is 3. The summed E-state index contributed by atoms with van der Waals surface area (Å²) in [6, 6.07) is 66.6. The SMILES string of the molecule is c1ccc(-c2nc3ccc4ccc(-c5cc(N(c6ccccc6)c6ccccc6)cc6sc7ccccc7c56)cc4c3nc2-c2ccccc2)cc1. The first-order chi connectivity index (χ1) is 25.8. The van der Waals surface area contributed by atoms with Crippen LogP contribution in [-0.4, -0.2) is 9.97 Å². The van der Waals surface area contributed by atoms with Gasteiger partial charge in [-0.3, -0.25) is 0 Å². The zero-order valence-corrected chi connectivity index (χ0v) is 29.0. The Balaban J connectivity index is 1.24. The van der Waals surface area contributed by atoms with Crippen LogP contribution in [0.1, 0.15) is 0 Å². The minimum atomic E-state index is 0.877. The third-order valence-electron chi connectivity index (χ3n) is 9.81. The van der Waals surface area contributed by atoms with Gasteiger partial charge in [0.25, 0.3) is 0 Å². The molecular formula is C48H31N3S. The van der Waals surface area contributed by atoms with Crippen LogP contribution in [-0.2, 0) is 0 Å². The van der Waals surface area contributed by atoms with E-state index in [0.29, 0.717) is 0 Å². The first kappa shape index (κ1) is 30.2. The molecule has 2 heterocycles. The highest BCUT2D eigenvalue weighted by atomic mass is 32.1. The summed E-state index contributed by atoms with van der Waals surface area (Å²) in [6.45, 7) is 0. The molecule has 0 aliphatic carbocycles. The Morgan fingerprint density at radius 2 is 0.981 bits per heavy atom. The third kappa shape index (κ3) is 5.20. The second-order valence-electron chi connectivity index (χ2n) is 13.0. The van der Waals surface area contributed by atoms with Gasteiger partial charge in [0, 0.05) is 53.7 Å². The van der Waals surface area contributed by atoms with Gasteiger partial charge in [-0.25, -0.2) is 9.97 Å². The fraction of sp³-hybridized carbons (Fsp3) is 0. The molecule has 0 atom stereocenters. The van der Waals surface area contributed by atoms with E-state index in [-0.39, 0.29) is 0 Å². The van der Waals surface area contributed by atoms with Gasteiger partial charge in [0.15, 0.2) is 0 Å². The lowest BCUT2D eigenvalue weighted by Crippen LogP contribution is -2.09. The van der Waals surface area contributed by atoms with Gasteiger partial charge < -0.3 is 4.90 Å². The number of thiophene rings is 1. The fourth-order valence-corrected chi connectivity index (χ4v) is 8.56. The molecule has 244 valence electrons. The number of aromatic nitrogens is 2. The van der Waals surface area contributed by atoms with Crippen molar-refractivity contribution >= 4 is 70.4 Å². The topological polar surface area (TPSA) is 29.0 Å². The maximum absolute atomic E-state index is 5.44. The number of benzene rings is 8. The summed E-state index contributed by atoms with van der Waals surface area (Å²) in [6.07, 6.45) is 0. The van der Waals surface area contributed by atoms with Crippen molar-refractivity contribution in [1.82, 2.24) is 9.97 Å². The fourth-order valence-electron chi connectivity index (χ4n) is 7.40. The van der Waals surface area contributed by atoms with E-state index in [1.165, 1.54) is 25.7 Å². The Morgan fingerprint density at radius 3 is 1.65 bits per heavy atom. The monoisotopic (exact) mass is 681 g/mol. The smallest absolute Gasteiger partial charge is 0.0973 e. The molecule has 10 rings (SSSR count). The number of hydrogen-bond acceptors (Lipinski definition) is 4. The summed E-state index contributed by atoms with van der Waals surface area (Å²) in [5.41, 5.74) is 11.3. The lowest BCUT2D eigenvalue weighted by Gasteiger charge is -2.26. The zero-order valence-electron chi connectivity index (χ0n) is 28.1. The Bertz CT molecular complexity index is 2850. The second-order valence-corrected chi connectivity index (χ2v) is 14.1. The highest BCUT2D eigenvalue weighted by Gasteiger charge is 2.20. The van der Waals surface area contributed by atoms with Crippen LogP contribution >= 0.6 is 11.3 Å². The first-order valence-electron chi connectivity index (χ1n) is 17.5. The van der Waals surface area contributed by atoms with Crippen molar-refractivity contribution in [2.45, 2.75) is 0 Å². The van der Waals surface area contributed by atoms with Crippen molar-refractivity contribution in [3.8, 4) is 33.6 Å². The van der Waals surface area contributed by atoms with Crippen LogP contribution in [0.4, 0.5) is 17.1 Å². The van der Waals surface area contributed by atoms with Gasteiger partial charge in [-0.15, -0.1) is 11.3 Å². The van der Waals surface area contributed by atoms with E-state index in [1.807, 2.05) is 23.5 Å². The predicted molar refractivity (Wildman–Crippen MR) is 221 cm³/mol. The second kappa shape index (κ2) is 12.6. The Hall–Kier alpha value is -6.62. The molecule has 0 fully saturated rings. The molecule has 0 saturated heterocycles. The van der Waals surface area contributed by atoms with Gasteiger partial charge in [0.05, 0.1) is 22.4 Å². The molecule has 0 unspecified atom stereocenters. The summed E-state index contributed by atoms with van der Waals surface area (Å²) in [4.78, 5) is 13.1. The summed E-state index contributed by atoms with van der Waals surface area (Å²) in [5.74, 6) is 0. The molecule has 0 saturated carbocycles. The van der Waals surface area contributed by atoms with Crippen LogP contribution in [0.25, 0.3) is 75.6 Å². The van der Waals surface area contributed by atoms with E-state index in [0.717, 1.165) is 66.9 Å². The standard InChI is InChI=1S/C48H31N3S/c1-5-15-33(16-6-1)46-47(34-17-7-2-8-18-34)50-48-41-29-35(26-25-32(41)27-28-42(48)49-46)40-30-38(31-44-45(40)39-23-13-14-24-43(39)52-44)51(36-19-9-3-10-20-36)37-21-11-4-12-22-37/h1-31H. The van der Waals surface area contributed by atoms with Gasteiger partial charge in [-0.05, 0) is 71.1 Å². The Kier molecular flexibility index (Phi) is 7.33. The van der Waals surface area contributed by atoms with Crippen LogP contribution in [0.15, 0.2) is 188 Å². The maximum Gasteiger partial charge on any atom is 0.0973 e. The molecule has 3 nitrogen and oxygen atoms in total. The van der Waals surface area contributed by atoms with E-state index >= 15 is 0 Å². The van der Waals surface area contributed by atoms with Crippen molar-refractivity contribution < 1.29 is 0 Å². The van der Waals surface area contributed by atoms with Gasteiger partial charge in [0.1, 0.15) is 0 Å². The molecule has 2 aromatic heterocycles. The molecule has 52 heavy (non-hydrogen) atoms. The van der Waals surface area contributed by atoms with E-state index in [1.54, 1.807) is 0 Å². The van der Waals surface area contributed by atoms with Crippen LogP contribution in [0.5, 0.6) is 0 Å². The van der Waals surface area contributed by atoms with Crippen molar-refractivity contribution in [1.29, 1.82) is 0 Å². The Labute approximate surface area is 305 Å². The van der Waals surface area contributed by atoms with E-state index in [4.69, 9.17) is 9.97 Å². The minimum Gasteiger partial charge on any atom is -0.310 e. The van der Waals surface area contributed by atoms with Gasteiger partial charge in [0.2, 0.25) is 0 Å².